The lowest BCUT2D eigenvalue weighted by atomic mass is 9.86. The van der Waals surface area contributed by atoms with E-state index >= 15 is 0 Å². The normalized spacial score (nSPS) is 11.4. The number of benzene rings is 2. The predicted molar refractivity (Wildman–Crippen MR) is 170 cm³/mol. The molecule has 4 aromatic rings. The van der Waals surface area contributed by atoms with Gasteiger partial charge in [-0.15, -0.1) is 0 Å². The Kier molecular flexibility index (Phi) is 9.53. The van der Waals surface area contributed by atoms with Crippen LogP contribution in [0.5, 0.6) is 11.5 Å². The topological polar surface area (TPSA) is 149 Å². The highest BCUT2D eigenvalue weighted by Gasteiger charge is 2.23. The summed E-state index contributed by atoms with van der Waals surface area (Å²) < 4.78 is 37.8. The zero-order valence-corrected chi connectivity index (χ0v) is 26.2. The van der Waals surface area contributed by atoms with Gasteiger partial charge in [0.25, 0.3) is 11.8 Å². The molecule has 0 saturated carbocycles. The van der Waals surface area contributed by atoms with Crippen molar-refractivity contribution in [1.82, 2.24) is 9.97 Å². The van der Waals surface area contributed by atoms with E-state index in [1.165, 1.54) is 19.4 Å². The van der Waals surface area contributed by atoms with Crippen LogP contribution in [0.4, 0.5) is 17.1 Å². The van der Waals surface area contributed by atoms with Gasteiger partial charge in [0.15, 0.2) is 5.75 Å². The van der Waals surface area contributed by atoms with Crippen LogP contribution in [0.2, 0.25) is 0 Å². The summed E-state index contributed by atoms with van der Waals surface area (Å²) in [6.07, 6.45) is 5.80. The molecule has 0 aliphatic heterocycles. The molecule has 2 heterocycles. The lowest BCUT2D eigenvalue weighted by Gasteiger charge is -2.24. The van der Waals surface area contributed by atoms with E-state index in [1.807, 2.05) is 32.9 Å². The van der Waals surface area contributed by atoms with E-state index in [9.17, 15) is 18.0 Å². The SMILES string of the molecule is COc1c(NC(=O)c2cnc(C)c(C(=O)Nc3ccc(OCc4ccncc4)cc3)c2)cc(C(C)(C)C)cc1NS(C)(=O)=O. The van der Waals surface area contributed by atoms with Crippen molar-refractivity contribution in [2.75, 3.05) is 28.7 Å². The molecule has 3 N–H and O–H groups in total. The summed E-state index contributed by atoms with van der Waals surface area (Å²) in [4.78, 5) is 34.8. The van der Waals surface area contributed by atoms with E-state index in [1.54, 1.807) is 55.7 Å². The fraction of sp³-hybridized carbons (Fsp3) is 0.250. The monoisotopic (exact) mass is 617 g/mol. The molecule has 12 heteroatoms. The van der Waals surface area contributed by atoms with Gasteiger partial charge in [0.05, 0.1) is 41.6 Å². The third-order valence-electron chi connectivity index (χ3n) is 6.56. The van der Waals surface area contributed by atoms with Crippen molar-refractivity contribution < 1.29 is 27.5 Å². The number of sulfonamides is 1. The molecular weight excluding hydrogens is 582 g/mol. The van der Waals surface area contributed by atoms with E-state index in [-0.39, 0.29) is 33.7 Å². The van der Waals surface area contributed by atoms with Crippen LogP contribution in [-0.2, 0) is 22.0 Å². The maximum Gasteiger partial charge on any atom is 0.257 e. The van der Waals surface area contributed by atoms with E-state index in [0.717, 1.165) is 17.4 Å². The van der Waals surface area contributed by atoms with Gasteiger partial charge in [-0.3, -0.25) is 24.3 Å². The van der Waals surface area contributed by atoms with Crippen molar-refractivity contribution in [3.8, 4) is 11.5 Å². The van der Waals surface area contributed by atoms with Crippen molar-refractivity contribution >= 4 is 38.9 Å². The van der Waals surface area contributed by atoms with Gasteiger partial charge >= 0.3 is 0 Å². The number of carbonyl (C=O) groups excluding carboxylic acids is 2. The summed E-state index contributed by atoms with van der Waals surface area (Å²) in [5.74, 6) is -0.223. The Morgan fingerprint density at radius 2 is 1.57 bits per heavy atom. The lowest BCUT2D eigenvalue weighted by molar-refractivity contribution is 0.102. The highest BCUT2D eigenvalue weighted by Crippen LogP contribution is 2.39. The molecular formula is C32H35N5O6S. The highest BCUT2D eigenvalue weighted by molar-refractivity contribution is 7.92. The summed E-state index contributed by atoms with van der Waals surface area (Å²) >= 11 is 0. The summed E-state index contributed by atoms with van der Waals surface area (Å²) in [5.41, 5.74) is 3.12. The molecule has 11 nitrogen and oxygen atoms in total. The molecule has 0 unspecified atom stereocenters. The number of anilines is 3. The van der Waals surface area contributed by atoms with Gasteiger partial charge in [0.1, 0.15) is 12.4 Å². The first-order valence-electron chi connectivity index (χ1n) is 13.6. The number of hydrogen-bond acceptors (Lipinski definition) is 8. The van der Waals surface area contributed by atoms with Gasteiger partial charge in [0, 0.05) is 24.3 Å². The third kappa shape index (κ3) is 8.32. The molecule has 0 aliphatic rings. The second-order valence-electron chi connectivity index (χ2n) is 11.2. The summed E-state index contributed by atoms with van der Waals surface area (Å²) in [5, 5.41) is 5.62. The summed E-state index contributed by atoms with van der Waals surface area (Å²) in [6.45, 7) is 7.94. The quantitative estimate of drug-likeness (QED) is 0.210. The fourth-order valence-electron chi connectivity index (χ4n) is 4.21. The standard InChI is InChI=1S/C32H35N5O6S/c1-20-26(31(39)35-24-7-9-25(10-8-24)43-19-21-11-13-33-14-12-21)15-22(18-34-20)30(38)36-27-16-23(32(2,3)4)17-28(29(27)42-5)37-44(6,40)41/h7-18,37H,19H2,1-6H3,(H,35,39)(H,36,38). The Labute approximate surface area is 257 Å². The molecule has 0 atom stereocenters. The summed E-state index contributed by atoms with van der Waals surface area (Å²) in [7, 11) is -2.26. The molecule has 2 amide bonds. The average Bonchev–Trinajstić information content (AvgIpc) is 2.96. The van der Waals surface area contributed by atoms with Crippen molar-refractivity contribution in [2.24, 2.45) is 0 Å². The van der Waals surface area contributed by atoms with Crippen LogP contribution in [-0.4, -0.2) is 43.6 Å². The fourth-order valence-corrected chi connectivity index (χ4v) is 4.76. The van der Waals surface area contributed by atoms with Crippen LogP contribution in [0, 0.1) is 6.92 Å². The van der Waals surface area contributed by atoms with E-state index in [4.69, 9.17) is 9.47 Å². The second kappa shape index (κ2) is 13.1. The van der Waals surface area contributed by atoms with E-state index < -0.39 is 21.8 Å². The van der Waals surface area contributed by atoms with E-state index in [2.05, 4.69) is 25.3 Å². The van der Waals surface area contributed by atoms with E-state index in [0.29, 0.717) is 23.7 Å². The smallest absolute Gasteiger partial charge is 0.257 e. The highest BCUT2D eigenvalue weighted by atomic mass is 32.2. The number of rotatable bonds is 10. The molecule has 2 aromatic carbocycles. The predicted octanol–water partition coefficient (Wildman–Crippen LogP) is 5.55. The van der Waals surface area contributed by atoms with Gasteiger partial charge in [-0.1, -0.05) is 20.8 Å². The number of nitrogens with one attached hydrogen (secondary N) is 3. The first kappa shape index (κ1) is 32.0. The largest absolute Gasteiger partial charge is 0.492 e. The van der Waals surface area contributed by atoms with Crippen molar-refractivity contribution in [1.29, 1.82) is 0 Å². The van der Waals surface area contributed by atoms with Crippen LogP contribution < -0.4 is 24.8 Å². The van der Waals surface area contributed by atoms with Crippen LogP contribution in [0.3, 0.4) is 0 Å². The van der Waals surface area contributed by atoms with Gasteiger partial charge in [-0.05, 0) is 78.1 Å². The Bertz CT molecular complexity index is 1770. The number of carbonyl (C=O) groups is 2. The number of pyridine rings is 2. The molecule has 230 valence electrons. The Morgan fingerprint density at radius 1 is 0.909 bits per heavy atom. The zero-order chi connectivity index (χ0) is 32.1. The zero-order valence-electron chi connectivity index (χ0n) is 25.4. The molecule has 2 aromatic heterocycles. The molecule has 0 aliphatic carbocycles. The Morgan fingerprint density at radius 3 is 2.18 bits per heavy atom. The molecule has 0 saturated heterocycles. The maximum absolute atomic E-state index is 13.4. The summed E-state index contributed by atoms with van der Waals surface area (Å²) in [6, 6.07) is 15.5. The van der Waals surface area contributed by atoms with Gasteiger partial charge < -0.3 is 20.1 Å². The van der Waals surface area contributed by atoms with Crippen molar-refractivity contribution in [3.63, 3.8) is 0 Å². The number of aryl methyl sites for hydroxylation is 1. The Balaban J connectivity index is 1.52. The number of hydrogen-bond donors (Lipinski definition) is 3. The number of ether oxygens (including phenoxy) is 2. The number of amides is 2. The average molecular weight is 618 g/mol. The minimum absolute atomic E-state index is 0.126. The van der Waals surface area contributed by atoms with Crippen LogP contribution >= 0.6 is 0 Å². The third-order valence-corrected chi connectivity index (χ3v) is 7.15. The van der Waals surface area contributed by atoms with Crippen LogP contribution in [0.25, 0.3) is 0 Å². The second-order valence-corrected chi connectivity index (χ2v) is 12.9. The molecule has 0 radical (unpaired) electrons. The first-order chi connectivity index (χ1) is 20.7. The molecule has 0 spiro atoms. The van der Waals surface area contributed by atoms with Gasteiger partial charge in [-0.25, -0.2) is 8.42 Å². The van der Waals surface area contributed by atoms with Gasteiger partial charge in [-0.2, -0.15) is 0 Å². The molecule has 0 bridgehead atoms. The number of nitrogens with zero attached hydrogens (tertiary/aromatic N) is 2. The van der Waals surface area contributed by atoms with Crippen LogP contribution in [0.1, 0.15) is 58.3 Å². The van der Waals surface area contributed by atoms with Gasteiger partial charge in [0.2, 0.25) is 10.0 Å². The molecule has 0 fully saturated rings. The van der Waals surface area contributed by atoms with Crippen molar-refractivity contribution in [3.05, 3.63) is 101 Å². The lowest BCUT2D eigenvalue weighted by Crippen LogP contribution is -2.20. The number of aromatic nitrogens is 2. The minimum atomic E-state index is -3.64. The molecule has 4 rings (SSSR count). The molecule has 44 heavy (non-hydrogen) atoms. The number of methoxy groups -OCH3 is 1. The van der Waals surface area contributed by atoms with Crippen LogP contribution in [0.15, 0.2) is 73.2 Å². The maximum atomic E-state index is 13.4. The Hall–Kier alpha value is -4.97. The minimum Gasteiger partial charge on any atom is -0.492 e. The van der Waals surface area contributed by atoms with Crippen molar-refractivity contribution in [2.45, 2.75) is 39.7 Å². The first-order valence-corrected chi connectivity index (χ1v) is 15.5.